The monoisotopic (exact) mass is 464 g/mol. The maximum atomic E-state index is 6.24. The van der Waals surface area contributed by atoms with Crippen LogP contribution in [0.15, 0.2) is 47.7 Å². The van der Waals surface area contributed by atoms with E-state index in [0.29, 0.717) is 11.9 Å². The van der Waals surface area contributed by atoms with E-state index in [4.69, 9.17) is 5.73 Å². The van der Waals surface area contributed by atoms with Crippen LogP contribution >= 0.6 is 24.0 Å². The van der Waals surface area contributed by atoms with Crippen molar-refractivity contribution in [2.45, 2.75) is 12.8 Å². The molecule has 0 saturated carbocycles. The van der Waals surface area contributed by atoms with Gasteiger partial charge in [0.15, 0.2) is 5.96 Å². The number of anilines is 1. The number of piperazine rings is 1. The fourth-order valence-electron chi connectivity index (χ4n) is 3.69. The predicted molar refractivity (Wildman–Crippen MR) is 115 cm³/mol. The molecule has 1 aromatic carbocycles. The highest BCUT2D eigenvalue weighted by molar-refractivity contribution is 14.0. The molecule has 2 heterocycles. The van der Waals surface area contributed by atoms with Crippen LogP contribution in [0, 0.1) is 5.92 Å². The Morgan fingerprint density at radius 2 is 1.62 bits per heavy atom. The normalized spacial score (nSPS) is 17.8. The Labute approximate surface area is 171 Å². The Morgan fingerprint density at radius 3 is 2.23 bits per heavy atom. The maximum Gasteiger partial charge on any atom is 0.225 e. The van der Waals surface area contributed by atoms with Gasteiger partial charge in [-0.15, -0.1) is 24.0 Å². The zero-order chi connectivity index (χ0) is 17.1. The minimum absolute atomic E-state index is 0. The van der Waals surface area contributed by atoms with Gasteiger partial charge >= 0.3 is 0 Å². The van der Waals surface area contributed by atoms with Crippen LogP contribution in [0.25, 0.3) is 0 Å². The molecule has 1 aliphatic carbocycles. The predicted octanol–water partition coefficient (Wildman–Crippen LogP) is 1.95. The van der Waals surface area contributed by atoms with Gasteiger partial charge in [-0.3, -0.25) is 4.99 Å². The first-order valence-electron chi connectivity index (χ1n) is 8.93. The number of benzene rings is 1. The lowest BCUT2D eigenvalue weighted by Crippen LogP contribution is -2.51. The van der Waals surface area contributed by atoms with Crippen molar-refractivity contribution in [1.29, 1.82) is 0 Å². The summed E-state index contributed by atoms with van der Waals surface area (Å²) in [6.07, 6.45) is 5.80. The number of aliphatic imine (C=N–C) groups is 1. The van der Waals surface area contributed by atoms with E-state index < -0.39 is 0 Å². The summed E-state index contributed by atoms with van der Waals surface area (Å²) >= 11 is 0. The van der Waals surface area contributed by atoms with Gasteiger partial charge in [-0.25, -0.2) is 9.97 Å². The Hall–Kier alpha value is -1.90. The number of rotatable bonds is 3. The van der Waals surface area contributed by atoms with E-state index in [2.05, 4.69) is 49.0 Å². The third kappa shape index (κ3) is 4.25. The van der Waals surface area contributed by atoms with E-state index >= 15 is 0 Å². The number of guanidine groups is 1. The van der Waals surface area contributed by atoms with E-state index in [0.717, 1.165) is 51.5 Å². The number of fused-ring (bicyclic) bond motifs is 1. The Kier molecular flexibility index (Phi) is 6.29. The molecule has 7 heteroatoms. The van der Waals surface area contributed by atoms with Gasteiger partial charge in [-0.1, -0.05) is 24.3 Å². The molecule has 138 valence electrons. The average molecular weight is 464 g/mol. The Bertz CT molecular complexity index is 718. The molecular formula is C19H25IN6. The quantitative estimate of drug-likeness (QED) is 0.427. The molecule has 0 radical (unpaired) electrons. The number of halogens is 1. The van der Waals surface area contributed by atoms with Crippen LogP contribution in [-0.2, 0) is 12.8 Å². The SMILES string of the molecule is I.NC(=NCC1Cc2ccccc2C1)N1CCN(c2ncccn2)CC1. The zero-order valence-electron chi connectivity index (χ0n) is 14.8. The molecule has 4 rings (SSSR count). The number of hydrogen-bond donors (Lipinski definition) is 1. The third-order valence-electron chi connectivity index (χ3n) is 5.09. The van der Waals surface area contributed by atoms with Gasteiger partial charge in [0.1, 0.15) is 0 Å². The molecule has 6 nitrogen and oxygen atoms in total. The number of nitrogens with zero attached hydrogens (tertiary/aromatic N) is 5. The molecule has 26 heavy (non-hydrogen) atoms. The van der Waals surface area contributed by atoms with Gasteiger partial charge in [0.25, 0.3) is 0 Å². The molecule has 0 atom stereocenters. The van der Waals surface area contributed by atoms with Crippen molar-refractivity contribution in [3.63, 3.8) is 0 Å². The first-order valence-corrected chi connectivity index (χ1v) is 8.93. The summed E-state index contributed by atoms with van der Waals surface area (Å²) in [6, 6.07) is 10.5. The van der Waals surface area contributed by atoms with Gasteiger partial charge in [0.2, 0.25) is 5.95 Å². The Balaban J connectivity index is 0.00000196. The summed E-state index contributed by atoms with van der Waals surface area (Å²) in [5, 5.41) is 0. The van der Waals surface area contributed by atoms with Crippen LogP contribution in [0.4, 0.5) is 5.95 Å². The summed E-state index contributed by atoms with van der Waals surface area (Å²) in [6.45, 7) is 4.27. The molecule has 1 saturated heterocycles. The second-order valence-corrected chi connectivity index (χ2v) is 6.76. The van der Waals surface area contributed by atoms with Crippen LogP contribution in [0.5, 0.6) is 0 Å². The summed E-state index contributed by atoms with van der Waals surface area (Å²) in [7, 11) is 0. The van der Waals surface area contributed by atoms with Crippen molar-refractivity contribution < 1.29 is 0 Å². The van der Waals surface area contributed by atoms with E-state index in [1.54, 1.807) is 12.4 Å². The lowest BCUT2D eigenvalue weighted by Gasteiger charge is -2.35. The molecular weight excluding hydrogens is 439 g/mol. The molecule has 0 spiro atoms. The van der Waals surface area contributed by atoms with Crippen LogP contribution in [-0.4, -0.2) is 53.6 Å². The summed E-state index contributed by atoms with van der Waals surface area (Å²) < 4.78 is 0. The molecule has 2 N–H and O–H groups in total. The largest absolute Gasteiger partial charge is 0.370 e. The van der Waals surface area contributed by atoms with Crippen molar-refractivity contribution >= 4 is 35.9 Å². The van der Waals surface area contributed by atoms with Gasteiger partial charge in [-0.05, 0) is 36.0 Å². The van der Waals surface area contributed by atoms with Crippen LogP contribution in [0.1, 0.15) is 11.1 Å². The average Bonchev–Trinajstić information content (AvgIpc) is 3.10. The standard InChI is InChI=1S/C19H24N6.HI/c20-18(23-14-15-12-16-4-1-2-5-17(16)13-15)24-8-10-25(11-9-24)19-21-6-3-7-22-19;/h1-7,15H,8-14H2,(H2,20,23);1H. The second-order valence-electron chi connectivity index (χ2n) is 6.76. The summed E-state index contributed by atoms with van der Waals surface area (Å²) in [5.74, 6) is 2.04. The molecule has 0 bridgehead atoms. The molecule has 2 aromatic rings. The van der Waals surface area contributed by atoms with Crippen LogP contribution in [0.3, 0.4) is 0 Å². The lowest BCUT2D eigenvalue weighted by molar-refractivity contribution is 0.377. The minimum Gasteiger partial charge on any atom is -0.370 e. The molecule has 1 aliphatic heterocycles. The number of aromatic nitrogens is 2. The van der Waals surface area contributed by atoms with E-state index in [1.807, 2.05) is 6.07 Å². The summed E-state index contributed by atoms with van der Waals surface area (Å²) in [4.78, 5) is 17.7. The van der Waals surface area contributed by atoms with Crippen molar-refractivity contribution in [2.75, 3.05) is 37.6 Å². The topological polar surface area (TPSA) is 70.6 Å². The fraction of sp³-hybridized carbons (Fsp3) is 0.421. The molecule has 0 unspecified atom stereocenters. The van der Waals surface area contributed by atoms with Crippen molar-refractivity contribution in [3.05, 3.63) is 53.9 Å². The van der Waals surface area contributed by atoms with Gasteiger partial charge in [0.05, 0.1) is 0 Å². The van der Waals surface area contributed by atoms with Gasteiger partial charge in [0, 0.05) is 45.1 Å². The highest BCUT2D eigenvalue weighted by Gasteiger charge is 2.22. The molecule has 1 fully saturated rings. The van der Waals surface area contributed by atoms with E-state index in [1.165, 1.54) is 11.1 Å². The second kappa shape index (κ2) is 8.66. The van der Waals surface area contributed by atoms with Crippen molar-refractivity contribution in [1.82, 2.24) is 14.9 Å². The van der Waals surface area contributed by atoms with Gasteiger partial charge < -0.3 is 15.5 Å². The highest BCUT2D eigenvalue weighted by Crippen LogP contribution is 2.26. The van der Waals surface area contributed by atoms with Crippen LogP contribution < -0.4 is 10.6 Å². The van der Waals surface area contributed by atoms with Crippen molar-refractivity contribution in [3.8, 4) is 0 Å². The molecule has 2 aliphatic rings. The Morgan fingerprint density at radius 1 is 1.00 bits per heavy atom. The third-order valence-corrected chi connectivity index (χ3v) is 5.09. The number of hydrogen-bond acceptors (Lipinski definition) is 4. The van der Waals surface area contributed by atoms with Crippen molar-refractivity contribution in [2.24, 2.45) is 16.6 Å². The minimum atomic E-state index is 0. The molecule has 0 amide bonds. The van der Waals surface area contributed by atoms with E-state index in [-0.39, 0.29) is 24.0 Å². The number of nitrogens with two attached hydrogens (primary N) is 1. The highest BCUT2D eigenvalue weighted by atomic mass is 127. The first-order chi connectivity index (χ1) is 12.3. The van der Waals surface area contributed by atoms with E-state index in [9.17, 15) is 0 Å². The molecule has 1 aromatic heterocycles. The fourth-order valence-corrected chi connectivity index (χ4v) is 3.69. The smallest absolute Gasteiger partial charge is 0.225 e. The maximum absolute atomic E-state index is 6.24. The van der Waals surface area contributed by atoms with Crippen LogP contribution in [0.2, 0.25) is 0 Å². The first kappa shape index (κ1) is 18.9. The van der Waals surface area contributed by atoms with Gasteiger partial charge in [-0.2, -0.15) is 0 Å². The zero-order valence-corrected chi connectivity index (χ0v) is 17.1. The lowest BCUT2D eigenvalue weighted by atomic mass is 10.1. The summed E-state index contributed by atoms with van der Waals surface area (Å²) in [5.41, 5.74) is 9.18.